The number of carbonyl (C=O) groups excluding carboxylic acids is 2. The van der Waals surface area contributed by atoms with E-state index in [1.54, 1.807) is 0 Å². The Morgan fingerprint density at radius 3 is 1.72 bits per heavy atom. The number of nitrogens with one attached hydrogen (secondary N) is 2. The van der Waals surface area contributed by atoms with E-state index in [0.717, 1.165) is 38.5 Å². The summed E-state index contributed by atoms with van der Waals surface area (Å²) in [4.78, 5) is 23.4. The molecule has 0 aromatic heterocycles. The van der Waals surface area contributed by atoms with Gasteiger partial charge in [-0.3, -0.25) is 9.59 Å². The van der Waals surface area contributed by atoms with Crippen LogP contribution in [0.5, 0.6) is 0 Å². The predicted octanol–water partition coefficient (Wildman–Crippen LogP) is 3.07. The Balaban J connectivity index is 1.52. The summed E-state index contributed by atoms with van der Waals surface area (Å²) < 4.78 is 0. The first kappa shape index (κ1) is 19.1. The Kier molecular flexibility index (Phi) is 8.66. The van der Waals surface area contributed by atoms with Gasteiger partial charge in [0.05, 0.1) is 0 Å². The van der Waals surface area contributed by atoms with Crippen molar-refractivity contribution in [1.29, 1.82) is 0 Å². The second-order valence-corrected chi connectivity index (χ2v) is 6.57. The highest BCUT2D eigenvalue weighted by Crippen LogP contribution is 2.16. The second-order valence-electron chi connectivity index (χ2n) is 6.57. The number of hydrazone groups is 2. The third kappa shape index (κ3) is 8.42. The van der Waals surface area contributed by atoms with Crippen molar-refractivity contribution in [2.24, 2.45) is 22.0 Å². The van der Waals surface area contributed by atoms with Crippen LogP contribution in [-0.2, 0) is 9.59 Å². The Morgan fingerprint density at radius 2 is 1.32 bits per heavy atom. The fourth-order valence-electron chi connectivity index (χ4n) is 2.86. The van der Waals surface area contributed by atoms with Crippen molar-refractivity contribution in [1.82, 2.24) is 10.9 Å². The predicted molar refractivity (Wildman–Crippen MR) is 100 cm³/mol. The summed E-state index contributed by atoms with van der Waals surface area (Å²) >= 11 is 0. The van der Waals surface area contributed by atoms with Crippen molar-refractivity contribution in [2.45, 2.75) is 57.8 Å². The molecular weight excluding hydrogens is 316 g/mol. The summed E-state index contributed by atoms with van der Waals surface area (Å²) in [5.74, 6) is 0.503. The third-order valence-corrected chi connectivity index (χ3v) is 4.38. The Bertz CT molecular complexity index is 504. The fraction of sp³-hybridized carbons (Fsp3) is 0.579. The number of amides is 2. The summed E-state index contributed by atoms with van der Waals surface area (Å²) in [7, 11) is 0. The molecule has 0 saturated carbocycles. The average molecular weight is 344 g/mol. The van der Waals surface area contributed by atoms with Crippen LogP contribution in [0, 0.1) is 11.8 Å². The second kappa shape index (κ2) is 11.3. The maximum Gasteiger partial charge on any atom is 0.240 e. The van der Waals surface area contributed by atoms with E-state index < -0.39 is 0 Å². The first-order valence-corrected chi connectivity index (χ1v) is 9.18. The van der Waals surface area contributed by atoms with Gasteiger partial charge in [-0.15, -0.1) is 0 Å². The van der Waals surface area contributed by atoms with E-state index in [4.69, 9.17) is 0 Å². The molecule has 0 saturated heterocycles. The maximum atomic E-state index is 11.7. The van der Waals surface area contributed by atoms with Gasteiger partial charge in [-0.1, -0.05) is 24.3 Å². The van der Waals surface area contributed by atoms with Crippen LogP contribution in [0.2, 0.25) is 0 Å². The van der Waals surface area contributed by atoms with Crippen LogP contribution < -0.4 is 10.9 Å². The molecule has 6 nitrogen and oxygen atoms in total. The van der Waals surface area contributed by atoms with E-state index in [1.165, 1.54) is 0 Å². The SMILES string of the molecule is O=C(CCCC(=O)NN=CC1CC=CCC1)NN=CC1CC=CCC1. The molecule has 2 atom stereocenters. The van der Waals surface area contributed by atoms with Gasteiger partial charge >= 0.3 is 0 Å². The topological polar surface area (TPSA) is 82.9 Å². The average Bonchev–Trinajstić information content (AvgIpc) is 2.63. The number of nitrogens with zero attached hydrogens (tertiary/aromatic N) is 2. The lowest BCUT2D eigenvalue weighted by Gasteiger charge is -2.11. The lowest BCUT2D eigenvalue weighted by Crippen LogP contribution is -2.21. The van der Waals surface area contributed by atoms with Crippen LogP contribution in [0.1, 0.15) is 57.8 Å². The molecule has 0 aliphatic heterocycles. The van der Waals surface area contributed by atoms with Gasteiger partial charge in [0, 0.05) is 25.3 Å². The zero-order valence-electron chi connectivity index (χ0n) is 14.7. The van der Waals surface area contributed by atoms with Gasteiger partial charge in [-0.05, 0) is 56.8 Å². The lowest BCUT2D eigenvalue weighted by atomic mass is 9.96. The van der Waals surface area contributed by atoms with E-state index in [-0.39, 0.29) is 24.7 Å². The molecule has 0 heterocycles. The van der Waals surface area contributed by atoms with Gasteiger partial charge in [0.15, 0.2) is 0 Å². The molecule has 0 aromatic carbocycles. The van der Waals surface area contributed by atoms with Crippen molar-refractivity contribution >= 4 is 24.2 Å². The van der Waals surface area contributed by atoms with Gasteiger partial charge in [0.1, 0.15) is 0 Å². The minimum atomic E-state index is -0.159. The Morgan fingerprint density at radius 1 is 0.840 bits per heavy atom. The summed E-state index contributed by atoms with van der Waals surface area (Å²) in [5.41, 5.74) is 5.06. The van der Waals surface area contributed by atoms with Gasteiger partial charge in [0.25, 0.3) is 0 Å². The molecule has 2 N–H and O–H groups in total. The van der Waals surface area contributed by atoms with Crippen LogP contribution in [-0.4, -0.2) is 24.2 Å². The lowest BCUT2D eigenvalue weighted by molar-refractivity contribution is -0.122. The molecule has 0 radical (unpaired) electrons. The summed E-state index contributed by atoms with van der Waals surface area (Å²) in [6.07, 6.45) is 19.6. The van der Waals surface area contributed by atoms with Gasteiger partial charge in [0.2, 0.25) is 11.8 Å². The summed E-state index contributed by atoms with van der Waals surface area (Å²) in [5, 5.41) is 8.01. The molecule has 0 spiro atoms. The van der Waals surface area contributed by atoms with Gasteiger partial charge in [-0.2, -0.15) is 10.2 Å². The number of hydrogen-bond donors (Lipinski definition) is 2. The van der Waals surface area contributed by atoms with Crippen molar-refractivity contribution in [3.8, 4) is 0 Å². The van der Waals surface area contributed by atoms with Crippen LogP contribution >= 0.6 is 0 Å². The number of carbonyl (C=O) groups is 2. The minimum Gasteiger partial charge on any atom is -0.273 e. The van der Waals surface area contributed by atoms with Crippen LogP contribution in [0.3, 0.4) is 0 Å². The fourth-order valence-corrected chi connectivity index (χ4v) is 2.86. The highest BCUT2D eigenvalue weighted by molar-refractivity contribution is 5.79. The number of allylic oxidation sites excluding steroid dienone is 4. The molecule has 136 valence electrons. The van der Waals surface area contributed by atoms with Crippen LogP contribution in [0.15, 0.2) is 34.5 Å². The molecule has 2 aliphatic carbocycles. The van der Waals surface area contributed by atoms with Crippen LogP contribution in [0.25, 0.3) is 0 Å². The Hall–Kier alpha value is -2.24. The highest BCUT2D eigenvalue weighted by Gasteiger charge is 2.08. The zero-order valence-corrected chi connectivity index (χ0v) is 14.7. The van der Waals surface area contributed by atoms with Crippen molar-refractivity contribution < 1.29 is 9.59 Å². The highest BCUT2D eigenvalue weighted by atomic mass is 16.2. The summed E-state index contributed by atoms with van der Waals surface area (Å²) in [6.45, 7) is 0. The first-order valence-electron chi connectivity index (χ1n) is 9.18. The molecule has 25 heavy (non-hydrogen) atoms. The first-order chi connectivity index (χ1) is 12.2. The van der Waals surface area contributed by atoms with E-state index in [9.17, 15) is 9.59 Å². The molecular formula is C19H28N4O2. The number of rotatable bonds is 8. The standard InChI is InChI=1S/C19H28N4O2/c24-18(22-20-14-16-8-3-1-4-9-16)12-7-13-19(25)23-21-15-17-10-5-2-6-11-17/h1-3,5,14-17H,4,6-13H2,(H,22,24)(H,23,25). The molecule has 6 heteroatoms. The van der Waals surface area contributed by atoms with E-state index in [2.05, 4.69) is 45.4 Å². The van der Waals surface area contributed by atoms with Gasteiger partial charge < -0.3 is 0 Å². The van der Waals surface area contributed by atoms with Crippen molar-refractivity contribution in [3.05, 3.63) is 24.3 Å². The van der Waals surface area contributed by atoms with Crippen molar-refractivity contribution in [3.63, 3.8) is 0 Å². The van der Waals surface area contributed by atoms with E-state index in [0.29, 0.717) is 18.3 Å². The molecule has 2 amide bonds. The monoisotopic (exact) mass is 344 g/mol. The minimum absolute atomic E-state index is 0.159. The molecule has 0 aromatic rings. The molecule has 2 rings (SSSR count). The van der Waals surface area contributed by atoms with Gasteiger partial charge in [-0.25, -0.2) is 10.9 Å². The largest absolute Gasteiger partial charge is 0.273 e. The van der Waals surface area contributed by atoms with Crippen molar-refractivity contribution in [2.75, 3.05) is 0 Å². The normalized spacial score (nSPS) is 23.2. The Labute approximate surface area is 149 Å². The van der Waals surface area contributed by atoms with Crippen LogP contribution in [0.4, 0.5) is 0 Å². The smallest absolute Gasteiger partial charge is 0.240 e. The number of hydrogen-bond acceptors (Lipinski definition) is 4. The zero-order chi connectivity index (χ0) is 17.7. The molecule has 0 bridgehead atoms. The van der Waals surface area contributed by atoms with E-state index in [1.807, 2.05) is 12.4 Å². The summed E-state index contributed by atoms with van der Waals surface area (Å²) in [6, 6.07) is 0. The maximum absolute atomic E-state index is 11.7. The molecule has 0 fully saturated rings. The quantitative estimate of drug-likeness (QED) is 0.403. The third-order valence-electron chi connectivity index (χ3n) is 4.38. The molecule has 2 unspecified atom stereocenters. The molecule has 2 aliphatic rings. The van der Waals surface area contributed by atoms with E-state index >= 15 is 0 Å².